The number of nitrogens with one attached hydrogen (secondary N) is 2. The average Bonchev–Trinajstić information content (AvgIpc) is 3.05. The third-order valence-electron chi connectivity index (χ3n) is 3.56. The molecule has 114 valence electrons. The van der Waals surface area contributed by atoms with Crippen molar-refractivity contribution in [3.8, 4) is 5.75 Å². The molecule has 0 spiro atoms. The van der Waals surface area contributed by atoms with Crippen LogP contribution in [-0.4, -0.2) is 29.2 Å². The summed E-state index contributed by atoms with van der Waals surface area (Å²) in [5.74, 6) is 1.11. The van der Waals surface area contributed by atoms with Gasteiger partial charge in [0, 0.05) is 18.8 Å². The maximum absolute atomic E-state index is 11.9. The van der Waals surface area contributed by atoms with E-state index < -0.39 is 0 Å². The first-order chi connectivity index (χ1) is 10.7. The first kappa shape index (κ1) is 14.2. The van der Waals surface area contributed by atoms with Gasteiger partial charge in [-0.05, 0) is 49.2 Å². The van der Waals surface area contributed by atoms with E-state index >= 15 is 0 Å². The van der Waals surface area contributed by atoms with Crippen LogP contribution >= 0.6 is 0 Å². The van der Waals surface area contributed by atoms with Gasteiger partial charge in [-0.15, -0.1) is 0 Å². The van der Waals surface area contributed by atoms with Crippen LogP contribution in [0.25, 0.3) is 0 Å². The number of benzene rings is 1. The standard InChI is InChI=1S/C16H18N4O2/c21-14-6-3-12(4-7-14)18-16(22)19-13-5-8-15(17-11-13)20-9-1-2-10-20/h3-8,11,21H,1-2,9-10H2,(H2,18,19,22). The van der Waals surface area contributed by atoms with E-state index in [2.05, 4.69) is 20.5 Å². The summed E-state index contributed by atoms with van der Waals surface area (Å²) in [5, 5.41) is 14.6. The van der Waals surface area contributed by atoms with E-state index in [0.29, 0.717) is 11.4 Å². The van der Waals surface area contributed by atoms with Crippen molar-refractivity contribution in [2.45, 2.75) is 12.8 Å². The Morgan fingerprint density at radius 1 is 1.00 bits per heavy atom. The van der Waals surface area contributed by atoms with E-state index in [9.17, 15) is 9.90 Å². The normalized spacial score (nSPS) is 13.9. The Morgan fingerprint density at radius 2 is 1.64 bits per heavy atom. The van der Waals surface area contributed by atoms with Crippen molar-refractivity contribution in [2.24, 2.45) is 0 Å². The zero-order valence-electron chi connectivity index (χ0n) is 12.1. The molecule has 1 saturated heterocycles. The molecule has 0 radical (unpaired) electrons. The lowest BCUT2D eigenvalue weighted by molar-refractivity contribution is 0.262. The Balaban J connectivity index is 1.57. The van der Waals surface area contributed by atoms with Crippen molar-refractivity contribution in [2.75, 3.05) is 28.6 Å². The van der Waals surface area contributed by atoms with Gasteiger partial charge in [-0.2, -0.15) is 0 Å². The molecule has 2 amide bonds. The number of phenolic OH excluding ortho intramolecular Hbond substituents is 1. The van der Waals surface area contributed by atoms with E-state index in [4.69, 9.17) is 0 Å². The number of aromatic hydroxyl groups is 1. The molecule has 22 heavy (non-hydrogen) atoms. The molecule has 1 fully saturated rings. The van der Waals surface area contributed by atoms with Crippen LogP contribution in [0.4, 0.5) is 22.0 Å². The molecule has 3 N–H and O–H groups in total. The minimum atomic E-state index is -0.346. The van der Waals surface area contributed by atoms with Crippen LogP contribution in [0.3, 0.4) is 0 Å². The molecule has 6 heteroatoms. The Hall–Kier alpha value is -2.76. The van der Waals surface area contributed by atoms with Crippen molar-refractivity contribution in [3.63, 3.8) is 0 Å². The van der Waals surface area contributed by atoms with Crippen molar-refractivity contribution in [1.29, 1.82) is 0 Å². The summed E-state index contributed by atoms with van der Waals surface area (Å²) in [6.07, 6.45) is 4.07. The number of aromatic nitrogens is 1. The summed E-state index contributed by atoms with van der Waals surface area (Å²) in [5.41, 5.74) is 1.25. The second kappa shape index (κ2) is 6.34. The second-order valence-electron chi connectivity index (χ2n) is 5.23. The van der Waals surface area contributed by atoms with Crippen molar-refractivity contribution < 1.29 is 9.90 Å². The number of anilines is 3. The van der Waals surface area contributed by atoms with Gasteiger partial charge in [0.15, 0.2) is 0 Å². The number of carbonyl (C=O) groups excluding carboxylic acids is 1. The van der Waals surface area contributed by atoms with Gasteiger partial charge in [0.05, 0.1) is 11.9 Å². The number of hydrogen-bond acceptors (Lipinski definition) is 4. The van der Waals surface area contributed by atoms with Crippen molar-refractivity contribution in [1.82, 2.24) is 4.98 Å². The lowest BCUT2D eigenvalue weighted by Crippen LogP contribution is -2.21. The summed E-state index contributed by atoms with van der Waals surface area (Å²) in [7, 11) is 0. The zero-order valence-corrected chi connectivity index (χ0v) is 12.1. The average molecular weight is 298 g/mol. The highest BCUT2D eigenvalue weighted by atomic mass is 16.3. The third-order valence-corrected chi connectivity index (χ3v) is 3.56. The molecule has 0 atom stereocenters. The molecule has 0 saturated carbocycles. The molecular weight excluding hydrogens is 280 g/mol. The monoisotopic (exact) mass is 298 g/mol. The van der Waals surface area contributed by atoms with Crippen LogP contribution in [0, 0.1) is 0 Å². The van der Waals surface area contributed by atoms with E-state index in [0.717, 1.165) is 18.9 Å². The highest BCUT2D eigenvalue weighted by Gasteiger charge is 2.13. The summed E-state index contributed by atoms with van der Waals surface area (Å²) < 4.78 is 0. The summed E-state index contributed by atoms with van der Waals surface area (Å²) in [6, 6.07) is 9.71. The Bertz CT molecular complexity index is 634. The quantitative estimate of drug-likeness (QED) is 0.761. The number of hydrogen-bond donors (Lipinski definition) is 3. The number of carbonyl (C=O) groups is 1. The molecule has 2 heterocycles. The molecule has 0 aliphatic carbocycles. The fourth-order valence-electron chi connectivity index (χ4n) is 2.43. The van der Waals surface area contributed by atoms with E-state index in [1.54, 1.807) is 18.3 Å². The molecular formula is C16H18N4O2. The van der Waals surface area contributed by atoms with Gasteiger partial charge in [-0.1, -0.05) is 0 Å². The Labute approximate surface area is 128 Å². The minimum Gasteiger partial charge on any atom is -0.508 e. The van der Waals surface area contributed by atoms with Gasteiger partial charge in [-0.25, -0.2) is 9.78 Å². The first-order valence-corrected chi connectivity index (χ1v) is 7.29. The highest BCUT2D eigenvalue weighted by molar-refractivity contribution is 5.99. The molecule has 0 unspecified atom stereocenters. The molecule has 1 aromatic carbocycles. The topological polar surface area (TPSA) is 77.5 Å². The lowest BCUT2D eigenvalue weighted by Gasteiger charge is -2.16. The number of nitrogens with zero attached hydrogens (tertiary/aromatic N) is 2. The van der Waals surface area contributed by atoms with Crippen LogP contribution in [0.2, 0.25) is 0 Å². The number of amides is 2. The number of rotatable bonds is 3. The van der Waals surface area contributed by atoms with E-state index in [1.165, 1.54) is 25.0 Å². The second-order valence-corrected chi connectivity index (χ2v) is 5.23. The van der Waals surface area contributed by atoms with Gasteiger partial charge in [0.2, 0.25) is 0 Å². The van der Waals surface area contributed by atoms with Crippen molar-refractivity contribution >= 4 is 23.2 Å². The maximum atomic E-state index is 11.9. The van der Waals surface area contributed by atoms with Crippen LogP contribution in [0.1, 0.15) is 12.8 Å². The first-order valence-electron chi connectivity index (χ1n) is 7.29. The van der Waals surface area contributed by atoms with E-state index in [1.807, 2.05) is 12.1 Å². The molecule has 6 nitrogen and oxygen atoms in total. The molecule has 3 rings (SSSR count). The molecule has 1 aliphatic heterocycles. The predicted octanol–water partition coefficient (Wildman–Crippen LogP) is 3.03. The smallest absolute Gasteiger partial charge is 0.323 e. The van der Waals surface area contributed by atoms with Crippen LogP contribution in [0.5, 0.6) is 5.75 Å². The number of pyridine rings is 1. The predicted molar refractivity (Wildman–Crippen MR) is 86.4 cm³/mol. The number of urea groups is 1. The summed E-state index contributed by atoms with van der Waals surface area (Å²) >= 11 is 0. The van der Waals surface area contributed by atoms with Crippen molar-refractivity contribution in [3.05, 3.63) is 42.6 Å². The fourth-order valence-corrected chi connectivity index (χ4v) is 2.43. The van der Waals surface area contributed by atoms with Gasteiger partial charge in [-0.3, -0.25) is 0 Å². The fraction of sp³-hybridized carbons (Fsp3) is 0.250. The zero-order chi connectivity index (χ0) is 15.4. The summed E-state index contributed by atoms with van der Waals surface area (Å²) in [6.45, 7) is 2.09. The molecule has 2 aromatic rings. The Morgan fingerprint density at radius 3 is 2.27 bits per heavy atom. The maximum Gasteiger partial charge on any atom is 0.323 e. The van der Waals surface area contributed by atoms with Crippen LogP contribution in [-0.2, 0) is 0 Å². The highest BCUT2D eigenvalue weighted by Crippen LogP contribution is 2.19. The summed E-state index contributed by atoms with van der Waals surface area (Å²) in [4.78, 5) is 18.5. The molecule has 1 aromatic heterocycles. The van der Waals surface area contributed by atoms with Gasteiger partial charge < -0.3 is 20.6 Å². The number of phenols is 1. The van der Waals surface area contributed by atoms with E-state index in [-0.39, 0.29) is 11.8 Å². The third kappa shape index (κ3) is 3.46. The molecule has 0 bridgehead atoms. The van der Waals surface area contributed by atoms with Gasteiger partial charge in [0.25, 0.3) is 0 Å². The van der Waals surface area contributed by atoms with Crippen LogP contribution < -0.4 is 15.5 Å². The largest absolute Gasteiger partial charge is 0.508 e. The lowest BCUT2D eigenvalue weighted by atomic mass is 10.3. The molecule has 1 aliphatic rings. The minimum absolute atomic E-state index is 0.160. The SMILES string of the molecule is O=C(Nc1ccc(O)cc1)Nc1ccc(N2CCCC2)nc1. The van der Waals surface area contributed by atoms with Crippen LogP contribution in [0.15, 0.2) is 42.6 Å². The Kier molecular flexibility index (Phi) is 4.09. The van der Waals surface area contributed by atoms with Gasteiger partial charge >= 0.3 is 6.03 Å². The van der Waals surface area contributed by atoms with Gasteiger partial charge in [0.1, 0.15) is 11.6 Å².